The van der Waals surface area contributed by atoms with Gasteiger partial charge in [0.05, 0.1) is 6.10 Å². The fourth-order valence-electron chi connectivity index (χ4n) is 2.48. The molecule has 2 aliphatic carbocycles. The van der Waals surface area contributed by atoms with E-state index in [1.54, 1.807) is 0 Å². The van der Waals surface area contributed by atoms with Gasteiger partial charge in [-0.2, -0.15) is 0 Å². The molecule has 0 saturated heterocycles. The van der Waals surface area contributed by atoms with Crippen molar-refractivity contribution in [2.75, 3.05) is 13.6 Å². The van der Waals surface area contributed by atoms with Crippen LogP contribution < -0.4 is 0 Å². The predicted octanol–water partition coefficient (Wildman–Crippen LogP) is 1.26. The van der Waals surface area contributed by atoms with Crippen LogP contribution in [0.25, 0.3) is 0 Å². The predicted molar refractivity (Wildman–Crippen MR) is 58.3 cm³/mol. The topological polar surface area (TPSA) is 40.5 Å². The van der Waals surface area contributed by atoms with Gasteiger partial charge in [0, 0.05) is 19.5 Å². The van der Waals surface area contributed by atoms with Crippen molar-refractivity contribution in [2.45, 2.75) is 39.2 Å². The van der Waals surface area contributed by atoms with E-state index in [1.807, 2.05) is 11.9 Å². The maximum Gasteiger partial charge on any atom is 0.225 e. The Balaban J connectivity index is 1.76. The van der Waals surface area contributed by atoms with Crippen LogP contribution in [0.2, 0.25) is 0 Å². The van der Waals surface area contributed by atoms with E-state index in [9.17, 15) is 9.90 Å². The summed E-state index contributed by atoms with van der Waals surface area (Å²) in [5.74, 6) is 1.06. The Bertz CT molecular complexity index is 269. The highest BCUT2D eigenvalue weighted by molar-refractivity contribution is 5.82. The molecule has 2 aliphatic rings. The lowest BCUT2D eigenvalue weighted by Gasteiger charge is -2.34. The molecular formula is C12H21NO2. The molecule has 86 valence electrons. The zero-order valence-corrected chi connectivity index (χ0v) is 9.86. The Morgan fingerprint density at radius 3 is 2.40 bits per heavy atom. The molecule has 2 rings (SSSR count). The van der Waals surface area contributed by atoms with E-state index in [-0.39, 0.29) is 17.4 Å². The third-order valence-electron chi connectivity index (χ3n) is 3.93. The number of carbonyl (C=O) groups is 1. The maximum atomic E-state index is 11.9. The number of hydrogen-bond donors (Lipinski definition) is 1. The first kappa shape index (κ1) is 10.9. The average Bonchev–Trinajstić information content (AvgIpc) is 2.71. The number of rotatable bonds is 3. The number of carbonyl (C=O) groups excluding carboxylic acids is 1. The van der Waals surface area contributed by atoms with E-state index >= 15 is 0 Å². The molecule has 1 atom stereocenters. The molecule has 15 heavy (non-hydrogen) atoms. The van der Waals surface area contributed by atoms with Gasteiger partial charge in [-0.05, 0) is 30.6 Å². The molecule has 0 aromatic rings. The molecule has 3 nitrogen and oxygen atoms in total. The number of amides is 1. The molecule has 0 aromatic carbocycles. The highest BCUT2D eigenvalue weighted by Crippen LogP contribution is 2.52. The van der Waals surface area contributed by atoms with Crippen LogP contribution in [0.3, 0.4) is 0 Å². The lowest BCUT2D eigenvalue weighted by Crippen LogP contribution is -2.40. The monoisotopic (exact) mass is 211 g/mol. The van der Waals surface area contributed by atoms with Crippen LogP contribution in [-0.2, 0) is 4.79 Å². The zero-order chi connectivity index (χ0) is 11.2. The van der Waals surface area contributed by atoms with Crippen molar-refractivity contribution in [1.29, 1.82) is 0 Å². The van der Waals surface area contributed by atoms with Gasteiger partial charge in [0.2, 0.25) is 5.91 Å². The second-order valence-electron chi connectivity index (χ2n) is 5.96. The fraction of sp³-hybridized carbons (Fsp3) is 0.917. The molecule has 0 bridgehead atoms. The Morgan fingerprint density at radius 2 is 2.00 bits per heavy atom. The van der Waals surface area contributed by atoms with Crippen LogP contribution in [-0.4, -0.2) is 35.6 Å². The van der Waals surface area contributed by atoms with Crippen molar-refractivity contribution in [3.05, 3.63) is 0 Å². The molecule has 2 saturated carbocycles. The molecule has 3 heteroatoms. The highest BCUT2D eigenvalue weighted by Gasteiger charge is 2.51. The highest BCUT2D eigenvalue weighted by atomic mass is 16.3. The number of hydrogen-bond acceptors (Lipinski definition) is 2. The minimum atomic E-state index is -0.115. The Labute approximate surface area is 91.5 Å². The summed E-state index contributed by atoms with van der Waals surface area (Å²) in [7, 11) is 1.89. The smallest absolute Gasteiger partial charge is 0.225 e. The van der Waals surface area contributed by atoms with Crippen LogP contribution in [0.1, 0.15) is 33.1 Å². The summed E-state index contributed by atoms with van der Waals surface area (Å²) < 4.78 is 0. The van der Waals surface area contributed by atoms with Gasteiger partial charge < -0.3 is 10.0 Å². The van der Waals surface area contributed by atoms with Gasteiger partial charge in [0.25, 0.3) is 0 Å². The minimum Gasteiger partial charge on any atom is -0.393 e. The van der Waals surface area contributed by atoms with Crippen LogP contribution in [0.4, 0.5) is 0 Å². The van der Waals surface area contributed by atoms with Crippen LogP contribution >= 0.6 is 0 Å². The summed E-state index contributed by atoms with van der Waals surface area (Å²) in [5.41, 5.74) is 0.227. The third-order valence-corrected chi connectivity index (χ3v) is 3.93. The van der Waals surface area contributed by atoms with Crippen LogP contribution in [0.5, 0.6) is 0 Å². The van der Waals surface area contributed by atoms with Crippen molar-refractivity contribution in [3.8, 4) is 0 Å². The lowest BCUT2D eigenvalue weighted by molar-refractivity contribution is -0.133. The molecule has 1 unspecified atom stereocenters. The first-order valence-electron chi connectivity index (χ1n) is 5.83. The Hall–Kier alpha value is -0.570. The average molecular weight is 211 g/mol. The second-order valence-corrected chi connectivity index (χ2v) is 5.96. The zero-order valence-electron chi connectivity index (χ0n) is 9.86. The molecule has 0 aliphatic heterocycles. The van der Waals surface area contributed by atoms with Gasteiger partial charge in [0.15, 0.2) is 0 Å². The first-order valence-corrected chi connectivity index (χ1v) is 5.83. The maximum absolute atomic E-state index is 11.9. The van der Waals surface area contributed by atoms with Crippen molar-refractivity contribution >= 4 is 5.91 Å². The van der Waals surface area contributed by atoms with Crippen LogP contribution in [0, 0.1) is 17.3 Å². The standard InChI is InChI=1S/C12H21NO2/c1-12(2)6-10(12)11(15)13(3)7-8-4-9(14)5-8/h8-10,14H,4-7H2,1-3H3. The Kier molecular flexibility index (Phi) is 2.53. The van der Waals surface area contributed by atoms with Gasteiger partial charge in [0.1, 0.15) is 0 Å². The van der Waals surface area contributed by atoms with Gasteiger partial charge in [-0.15, -0.1) is 0 Å². The van der Waals surface area contributed by atoms with E-state index in [4.69, 9.17) is 0 Å². The Morgan fingerprint density at radius 1 is 1.47 bits per heavy atom. The van der Waals surface area contributed by atoms with Gasteiger partial charge in [-0.1, -0.05) is 13.8 Å². The largest absolute Gasteiger partial charge is 0.393 e. The summed E-state index contributed by atoms with van der Waals surface area (Å²) >= 11 is 0. The number of nitrogens with zero attached hydrogens (tertiary/aromatic N) is 1. The number of aliphatic hydroxyl groups is 1. The van der Waals surface area contributed by atoms with Crippen molar-refractivity contribution < 1.29 is 9.90 Å². The first-order chi connectivity index (χ1) is 6.90. The summed E-state index contributed by atoms with van der Waals surface area (Å²) in [4.78, 5) is 13.8. The molecule has 2 fully saturated rings. The minimum absolute atomic E-state index is 0.115. The SMILES string of the molecule is CN(CC1CC(O)C1)C(=O)C1CC1(C)C. The van der Waals surface area contributed by atoms with Crippen molar-refractivity contribution in [1.82, 2.24) is 4.90 Å². The molecule has 0 heterocycles. The van der Waals surface area contributed by atoms with Crippen molar-refractivity contribution in [2.24, 2.45) is 17.3 Å². The summed E-state index contributed by atoms with van der Waals surface area (Å²) in [6.45, 7) is 5.12. The van der Waals surface area contributed by atoms with Crippen LogP contribution in [0.15, 0.2) is 0 Å². The molecular weight excluding hydrogens is 190 g/mol. The van der Waals surface area contributed by atoms with Gasteiger partial charge in [-0.25, -0.2) is 0 Å². The van der Waals surface area contributed by atoms with E-state index in [1.165, 1.54) is 0 Å². The van der Waals surface area contributed by atoms with E-state index in [2.05, 4.69) is 13.8 Å². The van der Waals surface area contributed by atoms with E-state index in [0.717, 1.165) is 25.8 Å². The second kappa shape index (κ2) is 3.48. The summed E-state index contributed by atoms with van der Waals surface area (Å²) in [6, 6.07) is 0. The molecule has 0 radical (unpaired) electrons. The molecule has 1 amide bonds. The normalized spacial score (nSPS) is 36.9. The third kappa shape index (κ3) is 2.17. The van der Waals surface area contributed by atoms with Gasteiger partial charge in [-0.3, -0.25) is 4.79 Å². The van der Waals surface area contributed by atoms with E-state index < -0.39 is 0 Å². The van der Waals surface area contributed by atoms with Gasteiger partial charge >= 0.3 is 0 Å². The van der Waals surface area contributed by atoms with Crippen molar-refractivity contribution in [3.63, 3.8) is 0 Å². The van der Waals surface area contributed by atoms with E-state index in [0.29, 0.717) is 11.8 Å². The molecule has 0 aromatic heterocycles. The fourth-order valence-corrected chi connectivity index (χ4v) is 2.48. The summed E-state index contributed by atoms with van der Waals surface area (Å²) in [5, 5.41) is 9.17. The molecule has 0 spiro atoms. The quantitative estimate of drug-likeness (QED) is 0.763. The number of aliphatic hydroxyl groups excluding tert-OH is 1. The summed E-state index contributed by atoms with van der Waals surface area (Å²) in [6.07, 6.45) is 2.65. The lowest BCUT2D eigenvalue weighted by atomic mass is 9.82. The molecule has 1 N–H and O–H groups in total.